The number of primary amides is 1. The first-order valence-electron chi connectivity index (χ1n) is 5.81. The lowest BCUT2D eigenvalue weighted by Gasteiger charge is -2.14. The number of hydrogen-bond donors (Lipinski definition) is 3. The van der Waals surface area contributed by atoms with Gasteiger partial charge in [0.1, 0.15) is 11.8 Å². The van der Waals surface area contributed by atoms with Gasteiger partial charge in [0.25, 0.3) is 5.91 Å². The number of carbonyl (C=O) groups excluding carboxylic acids is 2. The van der Waals surface area contributed by atoms with E-state index in [2.05, 4.69) is 5.32 Å². The van der Waals surface area contributed by atoms with E-state index in [4.69, 9.17) is 15.6 Å². The molecule has 1 rings (SSSR count). The molecule has 4 N–H and O–H groups in total. The zero-order valence-corrected chi connectivity index (χ0v) is 11.2. The maximum atomic E-state index is 12.1. The van der Waals surface area contributed by atoms with Gasteiger partial charge < -0.3 is 20.9 Å². The van der Waals surface area contributed by atoms with E-state index in [1.54, 1.807) is 25.1 Å². The van der Waals surface area contributed by atoms with Crippen LogP contribution in [-0.2, 0) is 9.59 Å². The van der Waals surface area contributed by atoms with Crippen LogP contribution < -0.4 is 15.8 Å². The Morgan fingerprint density at radius 2 is 2.05 bits per heavy atom. The summed E-state index contributed by atoms with van der Waals surface area (Å²) in [5.41, 5.74) is 5.96. The van der Waals surface area contributed by atoms with Crippen molar-refractivity contribution in [1.82, 2.24) is 5.32 Å². The number of benzene rings is 1. The highest BCUT2D eigenvalue weighted by Crippen LogP contribution is 2.19. The van der Waals surface area contributed by atoms with Crippen LogP contribution in [-0.4, -0.2) is 36.0 Å². The molecule has 0 aliphatic heterocycles. The van der Waals surface area contributed by atoms with Crippen molar-refractivity contribution in [2.24, 2.45) is 5.73 Å². The van der Waals surface area contributed by atoms with Crippen LogP contribution in [0.5, 0.6) is 5.75 Å². The summed E-state index contributed by atoms with van der Waals surface area (Å²) < 4.78 is 5.04. The molecule has 7 heteroatoms. The summed E-state index contributed by atoms with van der Waals surface area (Å²) in [7, 11) is 1.40. The van der Waals surface area contributed by atoms with Crippen molar-refractivity contribution in [3.05, 3.63) is 29.3 Å². The van der Waals surface area contributed by atoms with E-state index in [0.717, 1.165) is 5.56 Å². The lowest BCUT2D eigenvalue weighted by molar-refractivity contribution is -0.140. The van der Waals surface area contributed by atoms with Gasteiger partial charge >= 0.3 is 5.97 Å². The molecular weight excluding hydrogens is 264 g/mol. The first kappa shape index (κ1) is 15.5. The van der Waals surface area contributed by atoms with Crippen molar-refractivity contribution >= 4 is 17.8 Å². The molecule has 0 aliphatic rings. The fraction of sp³-hybridized carbons (Fsp3) is 0.308. The Morgan fingerprint density at radius 1 is 1.40 bits per heavy atom. The van der Waals surface area contributed by atoms with Crippen LogP contribution in [0.15, 0.2) is 18.2 Å². The molecule has 0 aliphatic carbocycles. The van der Waals surface area contributed by atoms with Crippen molar-refractivity contribution in [3.63, 3.8) is 0 Å². The molecule has 0 aromatic heterocycles. The molecule has 0 radical (unpaired) electrons. The Bertz CT molecular complexity index is 542. The van der Waals surface area contributed by atoms with E-state index in [1.165, 1.54) is 7.11 Å². The largest absolute Gasteiger partial charge is 0.496 e. The Hall–Kier alpha value is -2.57. The molecule has 1 atom stereocenters. The molecule has 0 bridgehead atoms. The molecule has 108 valence electrons. The summed E-state index contributed by atoms with van der Waals surface area (Å²) in [6, 6.07) is 3.56. The number of rotatable bonds is 6. The van der Waals surface area contributed by atoms with Crippen LogP contribution in [0.3, 0.4) is 0 Å². The second-order valence-corrected chi connectivity index (χ2v) is 4.24. The normalized spacial score (nSPS) is 11.5. The van der Waals surface area contributed by atoms with Crippen molar-refractivity contribution in [2.75, 3.05) is 7.11 Å². The number of nitrogens with one attached hydrogen (secondary N) is 1. The fourth-order valence-corrected chi connectivity index (χ4v) is 1.64. The van der Waals surface area contributed by atoms with Crippen LogP contribution in [0.25, 0.3) is 0 Å². The number of ether oxygens (including phenoxy) is 1. The monoisotopic (exact) mass is 280 g/mol. The zero-order chi connectivity index (χ0) is 15.3. The minimum Gasteiger partial charge on any atom is -0.496 e. The van der Waals surface area contributed by atoms with Crippen LogP contribution in [0.4, 0.5) is 0 Å². The van der Waals surface area contributed by atoms with Gasteiger partial charge in [-0.3, -0.25) is 9.59 Å². The van der Waals surface area contributed by atoms with Gasteiger partial charge in [0.15, 0.2) is 0 Å². The van der Waals surface area contributed by atoms with Gasteiger partial charge in [-0.2, -0.15) is 0 Å². The highest BCUT2D eigenvalue weighted by molar-refractivity contribution is 5.99. The maximum Gasteiger partial charge on any atom is 0.326 e. The summed E-state index contributed by atoms with van der Waals surface area (Å²) in [5.74, 6) is -2.46. The Morgan fingerprint density at radius 3 is 2.55 bits per heavy atom. The first-order valence-corrected chi connectivity index (χ1v) is 5.81. The van der Waals surface area contributed by atoms with Gasteiger partial charge in [0, 0.05) is 0 Å². The lowest BCUT2D eigenvalue weighted by atomic mass is 10.1. The zero-order valence-electron chi connectivity index (χ0n) is 11.2. The lowest BCUT2D eigenvalue weighted by Crippen LogP contribution is -2.43. The summed E-state index contributed by atoms with van der Waals surface area (Å²) in [6.07, 6.45) is -0.477. The first-order chi connectivity index (χ1) is 9.35. The molecule has 0 saturated heterocycles. The Labute approximate surface area is 115 Å². The van der Waals surface area contributed by atoms with Crippen LogP contribution >= 0.6 is 0 Å². The minimum absolute atomic E-state index is 0.197. The molecule has 1 aromatic rings. The van der Waals surface area contributed by atoms with E-state index in [1.807, 2.05) is 0 Å². The van der Waals surface area contributed by atoms with Gasteiger partial charge in [-0.1, -0.05) is 11.6 Å². The average molecular weight is 280 g/mol. The third-order valence-corrected chi connectivity index (χ3v) is 2.61. The number of amides is 2. The number of aliphatic carboxylic acids is 1. The van der Waals surface area contributed by atoms with Crippen LogP contribution in [0.1, 0.15) is 22.3 Å². The predicted molar refractivity (Wildman–Crippen MR) is 70.4 cm³/mol. The fourth-order valence-electron chi connectivity index (χ4n) is 1.64. The molecule has 20 heavy (non-hydrogen) atoms. The van der Waals surface area contributed by atoms with Gasteiger partial charge in [0.2, 0.25) is 5.91 Å². The molecule has 0 saturated carbocycles. The van der Waals surface area contributed by atoms with Crippen molar-refractivity contribution in [2.45, 2.75) is 19.4 Å². The van der Waals surface area contributed by atoms with Gasteiger partial charge in [-0.05, 0) is 19.1 Å². The number of nitrogens with two attached hydrogens (primary N) is 1. The third-order valence-electron chi connectivity index (χ3n) is 2.61. The minimum atomic E-state index is -1.37. The smallest absolute Gasteiger partial charge is 0.326 e. The molecule has 1 aromatic carbocycles. The van der Waals surface area contributed by atoms with Gasteiger partial charge in [0.05, 0.1) is 19.1 Å². The van der Waals surface area contributed by atoms with E-state index in [9.17, 15) is 14.4 Å². The molecular formula is C13H16N2O5. The number of hydrogen-bond acceptors (Lipinski definition) is 4. The topological polar surface area (TPSA) is 119 Å². The van der Waals surface area contributed by atoms with E-state index >= 15 is 0 Å². The van der Waals surface area contributed by atoms with Crippen LogP contribution in [0.2, 0.25) is 0 Å². The maximum absolute atomic E-state index is 12.1. The standard InChI is InChI=1S/C13H16N2O5/c1-7-3-4-10(20-2)8(5-7)12(17)15-9(13(18)19)6-11(14)16/h3-5,9H,6H2,1-2H3,(H2,14,16)(H,15,17)(H,18,19)/t9-/m1/s1. The number of carboxylic acids is 1. The number of carboxylic acid groups (broad SMARTS) is 1. The number of aryl methyl sites for hydroxylation is 1. The summed E-state index contributed by atoms with van der Waals surface area (Å²) in [5, 5.41) is 11.2. The quantitative estimate of drug-likeness (QED) is 0.681. The Balaban J connectivity index is 2.96. The second-order valence-electron chi connectivity index (χ2n) is 4.24. The highest BCUT2D eigenvalue weighted by atomic mass is 16.5. The van der Waals surface area contributed by atoms with Crippen molar-refractivity contribution in [3.8, 4) is 5.75 Å². The SMILES string of the molecule is COc1ccc(C)cc1C(=O)N[C@H](CC(N)=O)C(=O)O. The van der Waals surface area contributed by atoms with Gasteiger partial charge in [-0.15, -0.1) is 0 Å². The molecule has 7 nitrogen and oxygen atoms in total. The number of carbonyl (C=O) groups is 3. The summed E-state index contributed by atoms with van der Waals surface area (Å²) >= 11 is 0. The van der Waals surface area contributed by atoms with Crippen molar-refractivity contribution in [1.29, 1.82) is 0 Å². The summed E-state index contributed by atoms with van der Waals surface area (Å²) in [6.45, 7) is 1.79. The third kappa shape index (κ3) is 3.98. The molecule has 0 heterocycles. The molecule has 2 amide bonds. The van der Waals surface area contributed by atoms with E-state index in [0.29, 0.717) is 5.75 Å². The molecule has 0 spiro atoms. The summed E-state index contributed by atoms with van der Waals surface area (Å²) in [4.78, 5) is 33.8. The highest BCUT2D eigenvalue weighted by Gasteiger charge is 2.24. The van der Waals surface area contributed by atoms with E-state index in [-0.39, 0.29) is 5.56 Å². The average Bonchev–Trinajstić information content (AvgIpc) is 2.37. The predicted octanol–water partition coefficient (Wildman–Crippen LogP) is 0.0620. The Kier molecular flexibility index (Phi) is 5.08. The number of methoxy groups -OCH3 is 1. The molecule has 0 fully saturated rings. The van der Waals surface area contributed by atoms with Gasteiger partial charge in [-0.25, -0.2) is 4.79 Å². The van der Waals surface area contributed by atoms with Crippen molar-refractivity contribution < 1.29 is 24.2 Å². The van der Waals surface area contributed by atoms with Crippen LogP contribution in [0, 0.1) is 6.92 Å². The van der Waals surface area contributed by atoms with E-state index < -0.39 is 30.2 Å². The molecule has 0 unspecified atom stereocenters. The second kappa shape index (κ2) is 6.55.